The minimum atomic E-state index is 0.414. The van der Waals surface area contributed by atoms with Gasteiger partial charge in [-0.3, -0.25) is 4.57 Å². The highest BCUT2D eigenvalue weighted by Crippen LogP contribution is 2.23. The SMILES string of the molecule is C[C@H](NC1CCN(CCCc2c[nH]c3ccc(-n4cnnc4)cc23)CC1)c1ccccc1. The molecule has 6 nitrogen and oxygen atoms in total. The molecule has 0 unspecified atom stereocenters. The van der Waals surface area contributed by atoms with Crippen molar-refractivity contribution in [2.45, 2.75) is 44.7 Å². The van der Waals surface area contributed by atoms with Crippen molar-refractivity contribution in [3.8, 4) is 5.69 Å². The van der Waals surface area contributed by atoms with E-state index in [1.807, 2.05) is 4.57 Å². The van der Waals surface area contributed by atoms with E-state index in [4.69, 9.17) is 0 Å². The molecule has 2 aromatic carbocycles. The summed E-state index contributed by atoms with van der Waals surface area (Å²) in [5, 5.41) is 13.0. The molecule has 0 amide bonds. The van der Waals surface area contributed by atoms with Crippen LogP contribution in [0.25, 0.3) is 16.6 Å². The number of hydrogen-bond donors (Lipinski definition) is 2. The van der Waals surface area contributed by atoms with Gasteiger partial charge in [0.25, 0.3) is 0 Å². The van der Waals surface area contributed by atoms with Gasteiger partial charge in [0, 0.05) is 34.9 Å². The van der Waals surface area contributed by atoms with Gasteiger partial charge >= 0.3 is 0 Å². The molecular weight excluding hydrogens is 396 g/mol. The van der Waals surface area contributed by atoms with Crippen LogP contribution < -0.4 is 5.32 Å². The average Bonchev–Trinajstić information content (AvgIpc) is 3.51. The van der Waals surface area contributed by atoms with E-state index < -0.39 is 0 Å². The van der Waals surface area contributed by atoms with Crippen molar-refractivity contribution in [3.05, 3.63) is 78.5 Å². The first-order chi connectivity index (χ1) is 15.8. The highest BCUT2D eigenvalue weighted by atomic mass is 15.2. The Morgan fingerprint density at radius 3 is 2.62 bits per heavy atom. The standard InChI is InChI=1S/C26H32N6/c1-20(21-6-3-2-4-7-21)30-23-11-14-31(15-12-23)13-5-8-22-17-27-26-10-9-24(16-25(22)26)32-18-28-29-19-32/h2-4,6-7,9-10,16-20,23,27,30H,5,8,11-15H2,1H3/t20-/m0/s1. The van der Waals surface area contributed by atoms with E-state index in [1.165, 1.54) is 60.9 Å². The van der Waals surface area contributed by atoms with E-state index >= 15 is 0 Å². The number of rotatable bonds is 8. The Balaban J connectivity index is 1.10. The maximum atomic E-state index is 3.92. The van der Waals surface area contributed by atoms with Crippen molar-refractivity contribution in [3.63, 3.8) is 0 Å². The van der Waals surface area contributed by atoms with Gasteiger partial charge in [-0.1, -0.05) is 30.3 Å². The Labute approximate surface area is 189 Å². The topological polar surface area (TPSA) is 61.8 Å². The smallest absolute Gasteiger partial charge is 0.123 e. The first-order valence-corrected chi connectivity index (χ1v) is 11.7. The summed E-state index contributed by atoms with van der Waals surface area (Å²) in [7, 11) is 0. The number of benzene rings is 2. The second-order valence-electron chi connectivity index (χ2n) is 8.93. The first-order valence-electron chi connectivity index (χ1n) is 11.7. The zero-order valence-corrected chi connectivity index (χ0v) is 18.7. The second kappa shape index (κ2) is 9.67. The van der Waals surface area contributed by atoms with E-state index in [0.717, 1.165) is 12.1 Å². The van der Waals surface area contributed by atoms with Crippen molar-refractivity contribution >= 4 is 10.9 Å². The predicted octanol–water partition coefficient (Wildman–Crippen LogP) is 4.50. The van der Waals surface area contributed by atoms with Gasteiger partial charge in [-0.15, -0.1) is 10.2 Å². The molecule has 4 aromatic rings. The molecule has 0 aliphatic carbocycles. The van der Waals surface area contributed by atoms with Crippen LogP contribution in [-0.4, -0.2) is 50.3 Å². The summed E-state index contributed by atoms with van der Waals surface area (Å²) in [5.41, 5.74) is 5.06. The Morgan fingerprint density at radius 2 is 1.84 bits per heavy atom. The van der Waals surface area contributed by atoms with Crippen LogP contribution in [0.3, 0.4) is 0 Å². The van der Waals surface area contributed by atoms with E-state index in [2.05, 4.69) is 87.0 Å². The van der Waals surface area contributed by atoms with Crippen molar-refractivity contribution in [1.82, 2.24) is 30.0 Å². The Hall–Kier alpha value is -2.96. The summed E-state index contributed by atoms with van der Waals surface area (Å²) >= 11 is 0. The van der Waals surface area contributed by atoms with Crippen molar-refractivity contribution < 1.29 is 0 Å². The minimum absolute atomic E-state index is 0.414. The molecule has 0 spiro atoms. The molecule has 2 aromatic heterocycles. The average molecular weight is 429 g/mol. The van der Waals surface area contributed by atoms with Gasteiger partial charge in [0.05, 0.1) is 0 Å². The molecular formula is C26H32N6. The molecule has 0 bridgehead atoms. The molecule has 1 atom stereocenters. The third-order valence-electron chi connectivity index (χ3n) is 6.76. The number of aromatic nitrogens is 4. The third kappa shape index (κ3) is 4.76. The van der Waals surface area contributed by atoms with Gasteiger partial charge in [0.1, 0.15) is 12.7 Å². The van der Waals surface area contributed by atoms with Crippen LogP contribution in [-0.2, 0) is 6.42 Å². The van der Waals surface area contributed by atoms with E-state index in [0.29, 0.717) is 12.1 Å². The molecule has 1 aliphatic rings. The highest BCUT2D eigenvalue weighted by molar-refractivity contribution is 5.85. The molecule has 166 valence electrons. The Bertz CT molecular complexity index is 1110. The normalized spacial score (nSPS) is 16.5. The molecule has 0 saturated carbocycles. The number of piperidine rings is 1. The minimum Gasteiger partial charge on any atom is -0.361 e. The van der Waals surface area contributed by atoms with Gasteiger partial charge in [0.2, 0.25) is 0 Å². The Morgan fingerprint density at radius 1 is 1.06 bits per heavy atom. The fourth-order valence-corrected chi connectivity index (χ4v) is 4.88. The summed E-state index contributed by atoms with van der Waals surface area (Å²) in [5.74, 6) is 0. The summed E-state index contributed by atoms with van der Waals surface area (Å²) in [4.78, 5) is 6.05. The van der Waals surface area contributed by atoms with Crippen LogP contribution in [0.4, 0.5) is 0 Å². The van der Waals surface area contributed by atoms with E-state index in [1.54, 1.807) is 12.7 Å². The lowest BCUT2D eigenvalue weighted by Crippen LogP contribution is -2.43. The molecule has 0 radical (unpaired) electrons. The molecule has 3 heterocycles. The van der Waals surface area contributed by atoms with Gasteiger partial charge in [-0.2, -0.15) is 0 Å². The zero-order valence-electron chi connectivity index (χ0n) is 18.7. The lowest BCUT2D eigenvalue weighted by atomic mass is 10.0. The zero-order chi connectivity index (χ0) is 21.8. The van der Waals surface area contributed by atoms with Crippen LogP contribution in [0.15, 0.2) is 67.4 Å². The van der Waals surface area contributed by atoms with Crippen molar-refractivity contribution in [2.24, 2.45) is 0 Å². The summed E-state index contributed by atoms with van der Waals surface area (Å²) < 4.78 is 1.95. The maximum absolute atomic E-state index is 3.92. The lowest BCUT2D eigenvalue weighted by molar-refractivity contribution is 0.190. The monoisotopic (exact) mass is 428 g/mol. The fourth-order valence-electron chi connectivity index (χ4n) is 4.88. The van der Waals surface area contributed by atoms with E-state index in [-0.39, 0.29) is 0 Å². The van der Waals surface area contributed by atoms with Crippen LogP contribution in [0.1, 0.15) is 43.4 Å². The second-order valence-corrected chi connectivity index (χ2v) is 8.93. The molecule has 1 saturated heterocycles. The molecule has 2 N–H and O–H groups in total. The number of nitrogens with one attached hydrogen (secondary N) is 2. The van der Waals surface area contributed by atoms with Crippen LogP contribution in [0.5, 0.6) is 0 Å². The number of nitrogens with zero attached hydrogens (tertiary/aromatic N) is 4. The summed E-state index contributed by atoms with van der Waals surface area (Å²) in [6.45, 7) is 5.81. The summed E-state index contributed by atoms with van der Waals surface area (Å²) in [6, 6.07) is 18.3. The van der Waals surface area contributed by atoms with Crippen LogP contribution in [0.2, 0.25) is 0 Å². The number of aryl methyl sites for hydroxylation is 1. The number of likely N-dealkylation sites (tertiary alicyclic amines) is 1. The van der Waals surface area contributed by atoms with Gasteiger partial charge in [-0.05, 0) is 81.6 Å². The first kappa shape index (κ1) is 20.9. The van der Waals surface area contributed by atoms with Crippen molar-refractivity contribution in [2.75, 3.05) is 19.6 Å². The summed E-state index contributed by atoms with van der Waals surface area (Å²) in [6.07, 6.45) is 10.4. The largest absolute Gasteiger partial charge is 0.361 e. The lowest BCUT2D eigenvalue weighted by Gasteiger charge is -2.34. The highest BCUT2D eigenvalue weighted by Gasteiger charge is 2.20. The maximum Gasteiger partial charge on any atom is 0.123 e. The third-order valence-corrected chi connectivity index (χ3v) is 6.76. The Kier molecular flexibility index (Phi) is 6.32. The van der Waals surface area contributed by atoms with E-state index in [9.17, 15) is 0 Å². The molecule has 1 fully saturated rings. The quantitative estimate of drug-likeness (QED) is 0.434. The van der Waals surface area contributed by atoms with Crippen LogP contribution >= 0.6 is 0 Å². The molecule has 1 aliphatic heterocycles. The van der Waals surface area contributed by atoms with Gasteiger partial charge in [-0.25, -0.2) is 0 Å². The number of fused-ring (bicyclic) bond motifs is 1. The number of hydrogen-bond acceptors (Lipinski definition) is 4. The van der Waals surface area contributed by atoms with Crippen LogP contribution in [0, 0.1) is 0 Å². The van der Waals surface area contributed by atoms with Crippen molar-refractivity contribution in [1.29, 1.82) is 0 Å². The predicted molar refractivity (Wildman–Crippen MR) is 129 cm³/mol. The molecule has 32 heavy (non-hydrogen) atoms. The molecule has 5 rings (SSSR count). The fraction of sp³-hybridized carbons (Fsp3) is 0.385. The number of aromatic amines is 1. The van der Waals surface area contributed by atoms with Gasteiger partial charge < -0.3 is 15.2 Å². The molecule has 6 heteroatoms. The number of H-pyrrole nitrogens is 1. The van der Waals surface area contributed by atoms with Gasteiger partial charge in [0.15, 0.2) is 0 Å².